The minimum absolute atomic E-state index is 0.142. The van der Waals surface area contributed by atoms with Gasteiger partial charge in [-0.3, -0.25) is 9.59 Å². The van der Waals surface area contributed by atoms with Gasteiger partial charge in [0.25, 0.3) is 5.91 Å². The molecular weight excluding hydrogens is 366 g/mol. The first-order chi connectivity index (χ1) is 13.0. The number of rotatable bonds is 5. The van der Waals surface area contributed by atoms with Crippen molar-refractivity contribution in [1.82, 2.24) is 9.97 Å². The summed E-state index contributed by atoms with van der Waals surface area (Å²) in [6, 6.07) is 15.5. The summed E-state index contributed by atoms with van der Waals surface area (Å²) in [5.74, 6) is -0.264. The highest BCUT2D eigenvalue weighted by molar-refractivity contribution is 6.33. The molecule has 2 amide bonds. The van der Waals surface area contributed by atoms with E-state index in [1.54, 1.807) is 48.5 Å². The van der Waals surface area contributed by atoms with E-state index in [1.165, 1.54) is 19.2 Å². The number of anilines is 4. The van der Waals surface area contributed by atoms with E-state index in [9.17, 15) is 9.59 Å². The van der Waals surface area contributed by atoms with Gasteiger partial charge in [-0.2, -0.15) is 0 Å². The fraction of sp³-hybridized carbons (Fsp3) is 0.0526. The van der Waals surface area contributed by atoms with Gasteiger partial charge < -0.3 is 16.0 Å². The molecule has 0 unspecified atom stereocenters. The van der Waals surface area contributed by atoms with Crippen LogP contribution < -0.4 is 16.0 Å². The van der Waals surface area contributed by atoms with Crippen LogP contribution in [-0.4, -0.2) is 21.8 Å². The highest BCUT2D eigenvalue weighted by Gasteiger charge is 2.11. The average molecular weight is 382 g/mol. The second-order valence-electron chi connectivity index (χ2n) is 5.58. The number of benzene rings is 2. The molecule has 0 spiro atoms. The van der Waals surface area contributed by atoms with Gasteiger partial charge in [0.15, 0.2) is 0 Å². The molecule has 0 aliphatic heterocycles. The van der Waals surface area contributed by atoms with Crippen LogP contribution in [0.25, 0.3) is 0 Å². The second kappa shape index (κ2) is 8.29. The van der Waals surface area contributed by atoms with E-state index in [0.29, 0.717) is 22.1 Å². The molecule has 7 nitrogen and oxygen atoms in total. The van der Waals surface area contributed by atoms with Gasteiger partial charge >= 0.3 is 0 Å². The molecule has 3 rings (SSSR count). The van der Waals surface area contributed by atoms with Crippen molar-refractivity contribution in [3.8, 4) is 0 Å². The summed E-state index contributed by atoms with van der Waals surface area (Å²) in [7, 11) is 0. The number of aromatic nitrogens is 2. The largest absolute Gasteiger partial charge is 0.326 e. The molecule has 0 saturated heterocycles. The highest BCUT2D eigenvalue weighted by Crippen LogP contribution is 2.21. The normalized spacial score (nSPS) is 10.1. The lowest BCUT2D eigenvalue weighted by molar-refractivity contribution is -0.114. The van der Waals surface area contributed by atoms with Gasteiger partial charge in [0.2, 0.25) is 11.9 Å². The first kappa shape index (κ1) is 18.3. The monoisotopic (exact) mass is 381 g/mol. The lowest BCUT2D eigenvalue weighted by atomic mass is 10.3. The molecule has 1 heterocycles. The van der Waals surface area contributed by atoms with E-state index < -0.39 is 5.91 Å². The van der Waals surface area contributed by atoms with Crippen LogP contribution in [0.3, 0.4) is 0 Å². The first-order valence-corrected chi connectivity index (χ1v) is 8.42. The number of halogens is 1. The third-order valence-corrected chi connectivity index (χ3v) is 3.80. The zero-order valence-corrected chi connectivity index (χ0v) is 15.1. The molecule has 2 aromatic carbocycles. The maximum absolute atomic E-state index is 12.4. The summed E-state index contributed by atoms with van der Waals surface area (Å²) in [6.45, 7) is 1.44. The number of amides is 2. The Morgan fingerprint density at radius 1 is 0.926 bits per heavy atom. The molecule has 3 aromatic rings. The van der Waals surface area contributed by atoms with Gasteiger partial charge in [-0.25, -0.2) is 9.97 Å². The maximum atomic E-state index is 12.4. The molecule has 1 aromatic heterocycles. The first-order valence-electron chi connectivity index (χ1n) is 8.05. The molecule has 27 heavy (non-hydrogen) atoms. The van der Waals surface area contributed by atoms with Gasteiger partial charge in [-0.05, 0) is 42.5 Å². The fourth-order valence-corrected chi connectivity index (χ4v) is 2.45. The SMILES string of the molecule is CC(=O)Nc1ccc(Nc2nccc(C(=O)Nc3ccccc3Cl)n2)cc1. The van der Waals surface area contributed by atoms with Crippen LogP contribution >= 0.6 is 11.6 Å². The number of carbonyl (C=O) groups excluding carboxylic acids is 2. The summed E-state index contributed by atoms with van der Waals surface area (Å²) < 4.78 is 0. The number of hydrogen-bond acceptors (Lipinski definition) is 5. The number of hydrogen-bond donors (Lipinski definition) is 3. The predicted molar refractivity (Wildman–Crippen MR) is 105 cm³/mol. The van der Waals surface area contributed by atoms with E-state index in [1.807, 2.05) is 0 Å². The van der Waals surface area contributed by atoms with Gasteiger partial charge in [-0.1, -0.05) is 23.7 Å². The Morgan fingerprint density at radius 3 is 2.33 bits per heavy atom. The van der Waals surface area contributed by atoms with Crippen LogP contribution in [0, 0.1) is 0 Å². The van der Waals surface area contributed by atoms with Crippen molar-refractivity contribution < 1.29 is 9.59 Å². The van der Waals surface area contributed by atoms with E-state index in [0.717, 1.165) is 0 Å². The van der Waals surface area contributed by atoms with Crippen molar-refractivity contribution in [3.05, 3.63) is 71.5 Å². The molecular formula is C19H16ClN5O2. The third-order valence-electron chi connectivity index (χ3n) is 3.47. The van der Waals surface area contributed by atoms with Crippen LogP contribution in [0.1, 0.15) is 17.4 Å². The van der Waals surface area contributed by atoms with Crippen molar-refractivity contribution in [2.45, 2.75) is 6.92 Å². The molecule has 0 aliphatic rings. The van der Waals surface area contributed by atoms with Crippen molar-refractivity contribution >= 4 is 46.4 Å². The van der Waals surface area contributed by atoms with E-state index >= 15 is 0 Å². The second-order valence-corrected chi connectivity index (χ2v) is 5.99. The Kier molecular flexibility index (Phi) is 5.63. The molecule has 0 radical (unpaired) electrons. The van der Waals surface area contributed by atoms with Crippen LogP contribution in [-0.2, 0) is 4.79 Å². The quantitative estimate of drug-likeness (QED) is 0.618. The van der Waals surface area contributed by atoms with Crippen LogP contribution in [0.15, 0.2) is 60.8 Å². The highest BCUT2D eigenvalue weighted by atomic mass is 35.5. The molecule has 136 valence electrons. The lowest BCUT2D eigenvalue weighted by Gasteiger charge is -2.09. The minimum Gasteiger partial charge on any atom is -0.326 e. The zero-order chi connectivity index (χ0) is 19.2. The average Bonchev–Trinajstić information content (AvgIpc) is 2.65. The molecule has 8 heteroatoms. The van der Waals surface area contributed by atoms with Gasteiger partial charge in [-0.15, -0.1) is 0 Å². The van der Waals surface area contributed by atoms with Crippen molar-refractivity contribution in [2.24, 2.45) is 0 Å². The summed E-state index contributed by atoms with van der Waals surface area (Å²) in [5, 5.41) is 8.86. The zero-order valence-electron chi connectivity index (χ0n) is 14.4. The fourth-order valence-electron chi connectivity index (χ4n) is 2.26. The standard InChI is InChI=1S/C19H16ClN5O2/c1-12(26)22-13-6-8-14(9-7-13)23-19-21-11-10-17(25-19)18(27)24-16-5-3-2-4-15(16)20/h2-11H,1H3,(H,22,26)(H,24,27)(H,21,23,25). The van der Waals surface area contributed by atoms with E-state index in [4.69, 9.17) is 11.6 Å². The van der Waals surface area contributed by atoms with Crippen molar-refractivity contribution in [3.63, 3.8) is 0 Å². The predicted octanol–water partition coefficient (Wildman–Crippen LogP) is 4.08. The summed E-state index contributed by atoms with van der Waals surface area (Å²) >= 11 is 6.05. The van der Waals surface area contributed by atoms with E-state index in [-0.39, 0.29) is 17.5 Å². The molecule has 0 atom stereocenters. The van der Waals surface area contributed by atoms with Crippen LogP contribution in [0.4, 0.5) is 23.0 Å². The third kappa shape index (κ3) is 5.02. The number of nitrogens with zero attached hydrogens (tertiary/aromatic N) is 2. The molecule has 3 N–H and O–H groups in total. The maximum Gasteiger partial charge on any atom is 0.274 e. The van der Waals surface area contributed by atoms with Crippen LogP contribution in [0.2, 0.25) is 5.02 Å². The van der Waals surface area contributed by atoms with Gasteiger partial charge in [0.1, 0.15) is 5.69 Å². The Hall–Kier alpha value is -3.45. The lowest BCUT2D eigenvalue weighted by Crippen LogP contribution is -2.15. The Balaban J connectivity index is 1.70. The Bertz CT molecular complexity index is 976. The summed E-state index contributed by atoms with van der Waals surface area (Å²) in [6.07, 6.45) is 1.49. The number of carbonyl (C=O) groups is 2. The number of para-hydroxylation sites is 1. The number of nitrogens with one attached hydrogen (secondary N) is 3. The van der Waals surface area contributed by atoms with Gasteiger partial charge in [0, 0.05) is 24.5 Å². The van der Waals surface area contributed by atoms with Crippen LogP contribution in [0.5, 0.6) is 0 Å². The molecule has 0 fully saturated rings. The smallest absolute Gasteiger partial charge is 0.274 e. The Labute approximate surface area is 160 Å². The molecule has 0 saturated carbocycles. The van der Waals surface area contributed by atoms with E-state index in [2.05, 4.69) is 25.9 Å². The topological polar surface area (TPSA) is 96.0 Å². The van der Waals surface area contributed by atoms with Crippen molar-refractivity contribution in [1.29, 1.82) is 0 Å². The van der Waals surface area contributed by atoms with Gasteiger partial charge in [0.05, 0.1) is 10.7 Å². The molecule has 0 aliphatic carbocycles. The molecule has 0 bridgehead atoms. The summed E-state index contributed by atoms with van der Waals surface area (Å²) in [4.78, 5) is 31.8. The Morgan fingerprint density at radius 2 is 1.63 bits per heavy atom. The van der Waals surface area contributed by atoms with Crippen molar-refractivity contribution in [2.75, 3.05) is 16.0 Å². The minimum atomic E-state index is -0.394. The summed E-state index contributed by atoms with van der Waals surface area (Å²) in [5.41, 5.74) is 2.10.